The Morgan fingerprint density at radius 3 is 2.64 bits per heavy atom. The van der Waals surface area contributed by atoms with E-state index in [-0.39, 0.29) is 0 Å². The topological polar surface area (TPSA) is 29.0 Å². The highest BCUT2D eigenvalue weighted by molar-refractivity contribution is 5.39. The maximum atomic E-state index is 12.9. The highest BCUT2D eigenvalue weighted by Gasteiger charge is 2.23. The molecular formula is C10H14FN3. The highest BCUT2D eigenvalue weighted by atomic mass is 19.1. The van der Waals surface area contributed by atoms with Gasteiger partial charge in [0, 0.05) is 24.8 Å². The smallest absolute Gasteiger partial charge is 0.310 e. The van der Waals surface area contributed by atoms with E-state index in [1.165, 1.54) is 19.3 Å². The molecule has 0 bridgehead atoms. The van der Waals surface area contributed by atoms with Crippen LogP contribution in [0.4, 0.5) is 10.2 Å². The first-order valence-electron chi connectivity index (χ1n) is 4.91. The Morgan fingerprint density at radius 2 is 2.14 bits per heavy atom. The summed E-state index contributed by atoms with van der Waals surface area (Å²) in [6.07, 6.45) is 3.00. The molecule has 4 heteroatoms. The van der Waals surface area contributed by atoms with Crippen molar-refractivity contribution < 1.29 is 4.39 Å². The van der Waals surface area contributed by atoms with Crippen LogP contribution in [0.1, 0.15) is 25.0 Å². The molecule has 0 aromatic carbocycles. The molecule has 1 aliphatic rings. The third-order valence-corrected chi connectivity index (χ3v) is 2.80. The zero-order valence-corrected chi connectivity index (χ0v) is 8.50. The maximum Gasteiger partial charge on any atom is 0.310 e. The first kappa shape index (κ1) is 9.37. The Labute approximate surface area is 83.0 Å². The van der Waals surface area contributed by atoms with Crippen LogP contribution >= 0.6 is 0 Å². The largest absolute Gasteiger partial charge is 0.357 e. The van der Waals surface area contributed by atoms with Gasteiger partial charge in [-0.3, -0.25) is 0 Å². The number of aromatic nitrogens is 2. The Bertz CT molecular complexity index is 316. The third-order valence-electron chi connectivity index (χ3n) is 2.80. The summed E-state index contributed by atoms with van der Waals surface area (Å²) >= 11 is 0. The molecule has 0 aliphatic heterocycles. The van der Waals surface area contributed by atoms with Crippen molar-refractivity contribution in [2.24, 2.45) is 0 Å². The molecule has 1 heterocycles. The fraction of sp³-hybridized carbons (Fsp3) is 0.600. The van der Waals surface area contributed by atoms with Crippen molar-refractivity contribution in [3.05, 3.63) is 17.8 Å². The van der Waals surface area contributed by atoms with Gasteiger partial charge < -0.3 is 4.90 Å². The van der Waals surface area contributed by atoms with Crippen LogP contribution in [0.25, 0.3) is 0 Å². The van der Waals surface area contributed by atoms with Crippen molar-refractivity contribution in [2.75, 3.05) is 11.9 Å². The number of nitrogens with zero attached hydrogens (tertiary/aromatic N) is 3. The summed E-state index contributed by atoms with van der Waals surface area (Å²) in [5.74, 6) is 0.694. The van der Waals surface area contributed by atoms with Gasteiger partial charge in [0.05, 0.1) is 0 Å². The lowest BCUT2D eigenvalue weighted by Crippen LogP contribution is -2.37. The Balaban J connectivity index is 2.21. The summed E-state index contributed by atoms with van der Waals surface area (Å²) in [7, 11) is 1.96. The summed E-state index contributed by atoms with van der Waals surface area (Å²) in [5, 5.41) is 0. The van der Waals surface area contributed by atoms with E-state index < -0.39 is 6.08 Å². The molecule has 0 saturated heterocycles. The molecule has 14 heavy (non-hydrogen) atoms. The lowest BCUT2D eigenvalue weighted by molar-refractivity contribution is 0.397. The number of hydrogen-bond donors (Lipinski definition) is 0. The van der Waals surface area contributed by atoms with Crippen molar-refractivity contribution in [3.8, 4) is 0 Å². The van der Waals surface area contributed by atoms with Gasteiger partial charge >= 0.3 is 6.08 Å². The quantitative estimate of drug-likeness (QED) is 0.675. The van der Waals surface area contributed by atoms with Crippen molar-refractivity contribution in [1.82, 2.24) is 9.97 Å². The molecule has 1 aliphatic carbocycles. The molecule has 1 aromatic rings. The van der Waals surface area contributed by atoms with Gasteiger partial charge in [-0.25, -0.2) is 4.98 Å². The van der Waals surface area contributed by atoms with Crippen LogP contribution in [0.15, 0.2) is 6.07 Å². The molecule has 0 radical (unpaired) electrons. The first-order chi connectivity index (χ1) is 6.66. The molecule has 3 nitrogen and oxygen atoms in total. The van der Waals surface area contributed by atoms with Crippen molar-refractivity contribution in [3.63, 3.8) is 0 Å². The molecule has 0 amide bonds. The van der Waals surface area contributed by atoms with Gasteiger partial charge in [-0.1, -0.05) is 0 Å². The van der Waals surface area contributed by atoms with Crippen LogP contribution in [0.5, 0.6) is 0 Å². The number of rotatable bonds is 2. The minimum absolute atomic E-state index is 0.531. The summed E-state index contributed by atoms with van der Waals surface area (Å²) in [6.45, 7) is 1.78. The summed E-state index contributed by atoms with van der Waals surface area (Å²) < 4.78 is 12.9. The zero-order chi connectivity index (χ0) is 10.1. The van der Waals surface area contributed by atoms with E-state index in [0.29, 0.717) is 17.6 Å². The SMILES string of the molecule is Cc1cc(N(C)C2CCC2)nc(F)n1. The lowest BCUT2D eigenvalue weighted by atomic mass is 9.92. The lowest BCUT2D eigenvalue weighted by Gasteiger charge is -2.35. The van der Waals surface area contributed by atoms with E-state index >= 15 is 0 Å². The molecule has 0 atom stereocenters. The molecular weight excluding hydrogens is 181 g/mol. The van der Waals surface area contributed by atoms with E-state index in [0.717, 1.165) is 0 Å². The fourth-order valence-corrected chi connectivity index (χ4v) is 1.66. The average Bonchev–Trinajstić information content (AvgIpc) is 1.98. The summed E-state index contributed by atoms with van der Waals surface area (Å²) in [5.41, 5.74) is 0.679. The minimum atomic E-state index is -0.633. The maximum absolute atomic E-state index is 12.9. The van der Waals surface area contributed by atoms with Gasteiger partial charge in [0.2, 0.25) is 0 Å². The number of hydrogen-bond acceptors (Lipinski definition) is 3. The second kappa shape index (κ2) is 3.52. The van der Waals surface area contributed by atoms with E-state index in [1.807, 2.05) is 18.0 Å². The van der Waals surface area contributed by atoms with Crippen molar-refractivity contribution in [2.45, 2.75) is 32.2 Å². The highest BCUT2D eigenvalue weighted by Crippen LogP contribution is 2.27. The van der Waals surface area contributed by atoms with Crippen LogP contribution in [0.3, 0.4) is 0 Å². The monoisotopic (exact) mass is 195 g/mol. The van der Waals surface area contributed by atoms with E-state index in [4.69, 9.17) is 0 Å². The van der Waals surface area contributed by atoms with Gasteiger partial charge in [-0.05, 0) is 26.2 Å². The Kier molecular flexibility index (Phi) is 2.35. The van der Waals surface area contributed by atoms with Crippen molar-refractivity contribution >= 4 is 5.82 Å². The fourth-order valence-electron chi connectivity index (χ4n) is 1.66. The number of halogens is 1. The van der Waals surface area contributed by atoms with Gasteiger partial charge in [0.25, 0.3) is 0 Å². The zero-order valence-electron chi connectivity index (χ0n) is 8.50. The molecule has 0 spiro atoms. The molecule has 0 unspecified atom stereocenters. The van der Waals surface area contributed by atoms with Gasteiger partial charge in [-0.15, -0.1) is 0 Å². The van der Waals surface area contributed by atoms with E-state index in [2.05, 4.69) is 9.97 Å². The summed E-state index contributed by atoms with van der Waals surface area (Å²) in [4.78, 5) is 9.44. The number of aryl methyl sites for hydroxylation is 1. The van der Waals surface area contributed by atoms with Crippen LogP contribution < -0.4 is 4.90 Å². The van der Waals surface area contributed by atoms with E-state index in [9.17, 15) is 4.39 Å². The molecule has 1 saturated carbocycles. The van der Waals surface area contributed by atoms with Gasteiger partial charge in [-0.2, -0.15) is 9.37 Å². The molecule has 0 N–H and O–H groups in total. The standard InChI is InChI=1S/C10H14FN3/c1-7-6-9(13-10(11)12-7)14(2)8-4-3-5-8/h6,8H,3-5H2,1-2H3. The molecule has 2 rings (SSSR count). The van der Waals surface area contributed by atoms with E-state index in [1.54, 1.807) is 6.92 Å². The molecule has 1 fully saturated rings. The van der Waals surface area contributed by atoms with Gasteiger partial charge in [0.15, 0.2) is 0 Å². The normalized spacial score (nSPS) is 16.5. The summed E-state index contributed by atoms with van der Waals surface area (Å²) in [6, 6.07) is 2.35. The number of anilines is 1. The third kappa shape index (κ3) is 1.69. The van der Waals surface area contributed by atoms with Crippen molar-refractivity contribution in [1.29, 1.82) is 0 Å². The van der Waals surface area contributed by atoms with Crippen LogP contribution in [-0.4, -0.2) is 23.1 Å². The average molecular weight is 195 g/mol. The van der Waals surface area contributed by atoms with Crippen LogP contribution in [0, 0.1) is 13.0 Å². The van der Waals surface area contributed by atoms with Crippen LogP contribution in [-0.2, 0) is 0 Å². The molecule has 1 aromatic heterocycles. The predicted molar refractivity (Wildman–Crippen MR) is 52.8 cm³/mol. The second-order valence-corrected chi connectivity index (χ2v) is 3.83. The molecule has 76 valence electrons. The van der Waals surface area contributed by atoms with Crippen LogP contribution in [0.2, 0.25) is 0 Å². The Morgan fingerprint density at radius 1 is 1.43 bits per heavy atom. The predicted octanol–water partition coefficient (Wildman–Crippen LogP) is 1.91. The first-order valence-corrected chi connectivity index (χ1v) is 4.91. The Hall–Kier alpha value is -1.19. The van der Waals surface area contributed by atoms with Gasteiger partial charge in [0.1, 0.15) is 5.82 Å². The minimum Gasteiger partial charge on any atom is -0.357 e. The second-order valence-electron chi connectivity index (χ2n) is 3.83.